The van der Waals surface area contributed by atoms with E-state index in [1.165, 1.54) is 31.2 Å². The Morgan fingerprint density at radius 1 is 1.26 bits per heavy atom. The highest BCUT2D eigenvalue weighted by molar-refractivity contribution is 5.15. The first-order chi connectivity index (χ1) is 9.23. The Balaban J connectivity index is 2.18. The summed E-state index contributed by atoms with van der Waals surface area (Å²) in [7, 11) is 0. The van der Waals surface area contributed by atoms with Crippen LogP contribution in [0.3, 0.4) is 0 Å². The molecule has 2 heteroatoms. The normalized spacial score (nSPS) is 27.7. The molecule has 1 saturated carbocycles. The number of hydrogen-bond donors (Lipinski definition) is 1. The largest absolute Gasteiger partial charge is 0.329 e. The third-order valence-corrected chi connectivity index (χ3v) is 5.00. The highest BCUT2D eigenvalue weighted by Crippen LogP contribution is 2.38. The van der Waals surface area contributed by atoms with E-state index >= 15 is 0 Å². The van der Waals surface area contributed by atoms with Crippen molar-refractivity contribution in [3.63, 3.8) is 0 Å². The van der Waals surface area contributed by atoms with Crippen LogP contribution in [0.1, 0.15) is 45.1 Å². The molecule has 0 spiro atoms. The molecule has 2 rings (SSSR count). The molecule has 2 nitrogen and oxygen atoms in total. The molecule has 1 aromatic carbocycles. The highest BCUT2D eigenvalue weighted by atomic mass is 15.2. The molecule has 1 aliphatic carbocycles. The van der Waals surface area contributed by atoms with Gasteiger partial charge in [0, 0.05) is 18.6 Å². The van der Waals surface area contributed by atoms with Gasteiger partial charge in [0.1, 0.15) is 0 Å². The molecule has 2 unspecified atom stereocenters. The fourth-order valence-corrected chi connectivity index (χ4v) is 3.69. The fraction of sp³-hybridized carbons (Fsp3) is 0.647. The molecule has 0 aromatic heterocycles. The van der Waals surface area contributed by atoms with Crippen LogP contribution in [0.15, 0.2) is 30.3 Å². The van der Waals surface area contributed by atoms with Crippen molar-refractivity contribution in [2.75, 3.05) is 13.1 Å². The smallest absolute Gasteiger partial charge is 0.0360 e. The van der Waals surface area contributed by atoms with E-state index in [1.807, 2.05) is 0 Å². The Labute approximate surface area is 118 Å². The second-order valence-corrected chi connectivity index (χ2v) is 5.95. The van der Waals surface area contributed by atoms with Gasteiger partial charge < -0.3 is 5.73 Å². The van der Waals surface area contributed by atoms with Gasteiger partial charge in [0.05, 0.1) is 0 Å². The first-order valence-corrected chi connectivity index (χ1v) is 7.72. The second kappa shape index (κ2) is 6.53. The lowest BCUT2D eigenvalue weighted by Gasteiger charge is -2.50. The van der Waals surface area contributed by atoms with Crippen molar-refractivity contribution < 1.29 is 0 Å². The lowest BCUT2D eigenvalue weighted by Crippen LogP contribution is -2.58. The molecule has 0 bridgehead atoms. The minimum atomic E-state index is 0.211. The van der Waals surface area contributed by atoms with Gasteiger partial charge in [-0.1, -0.05) is 57.0 Å². The van der Waals surface area contributed by atoms with Crippen molar-refractivity contribution >= 4 is 0 Å². The summed E-state index contributed by atoms with van der Waals surface area (Å²) in [6.07, 6.45) is 5.27. The summed E-state index contributed by atoms with van der Waals surface area (Å²) in [6.45, 7) is 7.55. The van der Waals surface area contributed by atoms with Crippen molar-refractivity contribution in [1.29, 1.82) is 0 Å². The van der Waals surface area contributed by atoms with E-state index in [0.29, 0.717) is 5.92 Å². The molecule has 1 aromatic rings. The monoisotopic (exact) mass is 260 g/mol. The first-order valence-electron chi connectivity index (χ1n) is 7.72. The molecule has 1 aliphatic rings. The topological polar surface area (TPSA) is 29.3 Å². The molecule has 0 saturated heterocycles. The van der Waals surface area contributed by atoms with Gasteiger partial charge in [0.2, 0.25) is 0 Å². The molecule has 106 valence electrons. The number of benzene rings is 1. The number of likely N-dealkylation sites (N-methyl/N-ethyl adjacent to an activating group) is 1. The molecule has 0 amide bonds. The molecule has 0 heterocycles. The Morgan fingerprint density at radius 3 is 2.58 bits per heavy atom. The third-order valence-electron chi connectivity index (χ3n) is 5.00. The molecule has 0 aliphatic heterocycles. The zero-order valence-corrected chi connectivity index (χ0v) is 12.4. The molecule has 19 heavy (non-hydrogen) atoms. The van der Waals surface area contributed by atoms with Crippen molar-refractivity contribution in [1.82, 2.24) is 4.90 Å². The summed E-state index contributed by atoms with van der Waals surface area (Å²) in [6, 6.07) is 10.8. The first kappa shape index (κ1) is 14.5. The zero-order chi connectivity index (χ0) is 13.7. The van der Waals surface area contributed by atoms with Gasteiger partial charge in [0.25, 0.3) is 0 Å². The van der Waals surface area contributed by atoms with Crippen LogP contribution < -0.4 is 5.73 Å². The van der Waals surface area contributed by atoms with E-state index in [9.17, 15) is 0 Å². The third kappa shape index (κ3) is 3.01. The van der Waals surface area contributed by atoms with Crippen LogP contribution in [0.4, 0.5) is 0 Å². The van der Waals surface area contributed by atoms with E-state index in [0.717, 1.165) is 19.6 Å². The Kier molecular flexibility index (Phi) is 5.00. The summed E-state index contributed by atoms with van der Waals surface area (Å²) < 4.78 is 0. The van der Waals surface area contributed by atoms with Crippen LogP contribution >= 0.6 is 0 Å². The number of nitrogens with zero attached hydrogens (tertiary/aromatic N) is 1. The summed E-state index contributed by atoms with van der Waals surface area (Å²) in [5.74, 6) is 0.704. The van der Waals surface area contributed by atoms with Crippen LogP contribution in [0.5, 0.6) is 0 Å². The van der Waals surface area contributed by atoms with Crippen LogP contribution in [0.2, 0.25) is 0 Å². The van der Waals surface area contributed by atoms with Gasteiger partial charge in [-0.05, 0) is 30.9 Å². The van der Waals surface area contributed by atoms with E-state index in [2.05, 4.69) is 49.1 Å². The maximum Gasteiger partial charge on any atom is 0.0360 e. The molecule has 0 radical (unpaired) electrons. The summed E-state index contributed by atoms with van der Waals surface area (Å²) in [4.78, 5) is 2.62. The molecular weight excluding hydrogens is 232 g/mol. The lowest BCUT2D eigenvalue weighted by atomic mass is 9.72. The predicted molar refractivity (Wildman–Crippen MR) is 81.9 cm³/mol. The highest BCUT2D eigenvalue weighted by Gasteiger charge is 2.41. The Bertz CT molecular complexity index is 376. The average molecular weight is 260 g/mol. The van der Waals surface area contributed by atoms with Crippen molar-refractivity contribution in [2.45, 2.75) is 51.6 Å². The van der Waals surface area contributed by atoms with Crippen LogP contribution in [-0.2, 0) is 6.54 Å². The Morgan fingerprint density at radius 2 is 2.00 bits per heavy atom. The Hall–Kier alpha value is -0.860. The zero-order valence-electron chi connectivity index (χ0n) is 12.4. The van der Waals surface area contributed by atoms with Crippen molar-refractivity contribution in [3.8, 4) is 0 Å². The summed E-state index contributed by atoms with van der Waals surface area (Å²) in [5, 5.41) is 0. The van der Waals surface area contributed by atoms with Crippen molar-refractivity contribution in [3.05, 3.63) is 35.9 Å². The van der Waals surface area contributed by atoms with Gasteiger partial charge in [-0.25, -0.2) is 0 Å². The second-order valence-electron chi connectivity index (χ2n) is 5.95. The molecule has 2 atom stereocenters. The maximum atomic E-state index is 6.22. The number of rotatable bonds is 5. The number of hydrogen-bond acceptors (Lipinski definition) is 2. The summed E-state index contributed by atoms with van der Waals surface area (Å²) >= 11 is 0. The molecule has 1 fully saturated rings. The standard InChI is InChI=1S/C17H28N2/c1-3-19(13-16-10-5-4-6-11-16)17(14-18)12-8-7-9-15(17)2/h4-6,10-11,15H,3,7-9,12-14,18H2,1-2H3. The van der Waals surface area contributed by atoms with Gasteiger partial charge in [-0.15, -0.1) is 0 Å². The van der Waals surface area contributed by atoms with Crippen molar-refractivity contribution in [2.24, 2.45) is 11.7 Å². The van der Waals surface area contributed by atoms with Crippen LogP contribution in [0, 0.1) is 5.92 Å². The molecule has 2 N–H and O–H groups in total. The van der Waals surface area contributed by atoms with E-state index < -0.39 is 0 Å². The van der Waals surface area contributed by atoms with Gasteiger partial charge >= 0.3 is 0 Å². The van der Waals surface area contributed by atoms with E-state index in [-0.39, 0.29) is 5.54 Å². The van der Waals surface area contributed by atoms with Crippen LogP contribution in [-0.4, -0.2) is 23.5 Å². The predicted octanol–water partition coefficient (Wildman–Crippen LogP) is 3.42. The minimum Gasteiger partial charge on any atom is -0.329 e. The molecular formula is C17H28N2. The SMILES string of the molecule is CCN(Cc1ccccc1)C1(CN)CCCCC1C. The lowest BCUT2D eigenvalue weighted by molar-refractivity contribution is 0.0106. The van der Waals surface area contributed by atoms with Gasteiger partial charge in [-0.2, -0.15) is 0 Å². The number of nitrogens with two attached hydrogens (primary N) is 1. The quantitative estimate of drug-likeness (QED) is 0.879. The van der Waals surface area contributed by atoms with Crippen LogP contribution in [0.25, 0.3) is 0 Å². The fourth-order valence-electron chi connectivity index (χ4n) is 3.69. The summed E-state index contributed by atoms with van der Waals surface area (Å²) in [5.41, 5.74) is 7.83. The van der Waals surface area contributed by atoms with Gasteiger partial charge in [-0.3, -0.25) is 4.90 Å². The maximum absolute atomic E-state index is 6.22. The minimum absolute atomic E-state index is 0.211. The average Bonchev–Trinajstić information content (AvgIpc) is 2.47. The van der Waals surface area contributed by atoms with Gasteiger partial charge in [0.15, 0.2) is 0 Å². The van der Waals surface area contributed by atoms with E-state index in [1.54, 1.807) is 0 Å². The van der Waals surface area contributed by atoms with E-state index in [4.69, 9.17) is 5.73 Å².